The predicted molar refractivity (Wildman–Crippen MR) is 81.7 cm³/mol. The van der Waals surface area contributed by atoms with Crippen molar-refractivity contribution >= 4 is 0 Å². The molecule has 1 aliphatic heterocycles. The van der Waals surface area contributed by atoms with Crippen molar-refractivity contribution in [1.82, 2.24) is 10.2 Å². The van der Waals surface area contributed by atoms with Gasteiger partial charge in [0.25, 0.3) is 0 Å². The maximum Gasteiger partial charge on any atom is 0.115 e. The molecule has 3 nitrogen and oxygen atoms in total. The summed E-state index contributed by atoms with van der Waals surface area (Å²) in [7, 11) is 0. The quantitative estimate of drug-likeness (QED) is 0.886. The lowest BCUT2D eigenvalue weighted by atomic mass is 9.96. The van der Waals surface area contributed by atoms with Crippen LogP contribution in [0.25, 0.3) is 0 Å². The van der Waals surface area contributed by atoms with E-state index in [1.54, 1.807) is 12.1 Å². The molecule has 1 aromatic carbocycles. The number of phenols is 1. The third-order valence-electron chi connectivity index (χ3n) is 4.77. The minimum absolute atomic E-state index is 0.352. The SMILES string of the molecule is CC(C)C1CNC(C2CC2)CN1Cc1ccc(O)cc1. The molecule has 2 unspecified atom stereocenters. The number of piperazine rings is 1. The predicted octanol–water partition coefficient (Wildman–Crippen LogP) is 2.60. The number of rotatable bonds is 4. The van der Waals surface area contributed by atoms with Crippen molar-refractivity contribution in [2.24, 2.45) is 11.8 Å². The van der Waals surface area contributed by atoms with Crippen molar-refractivity contribution in [1.29, 1.82) is 0 Å². The highest BCUT2D eigenvalue weighted by Gasteiger charge is 2.37. The Bertz CT molecular complexity index is 439. The molecular weight excluding hydrogens is 248 g/mol. The molecule has 1 aromatic rings. The number of hydrogen-bond acceptors (Lipinski definition) is 3. The van der Waals surface area contributed by atoms with Crippen LogP contribution in [0.15, 0.2) is 24.3 Å². The molecule has 1 aliphatic carbocycles. The van der Waals surface area contributed by atoms with E-state index >= 15 is 0 Å². The van der Waals surface area contributed by atoms with Gasteiger partial charge in [-0.2, -0.15) is 0 Å². The first-order valence-electron chi connectivity index (χ1n) is 7.89. The highest BCUT2D eigenvalue weighted by atomic mass is 16.3. The van der Waals surface area contributed by atoms with Crippen LogP contribution in [0.3, 0.4) is 0 Å². The van der Waals surface area contributed by atoms with Gasteiger partial charge >= 0.3 is 0 Å². The van der Waals surface area contributed by atoms with Gasteiger partial charge in [-0.05, 0) is 42.4 Å². The highest BCUT2D eigenvalue weighted by molar-refractivity contribution is 5.26. The molecule has 0 radical (unpaired) electrons. The summed E-state index contributed by atoms with van der Waals surface area (Å²) < 4.78 is 0. The summed E-state index contributed by atoms with van der Waals surface area (Å²) in [5, 5.41) is 13.2. The van der Waals surface area contributed by atoms with E-state index in [1.807, 2.05) is 12.1 Å². The second-order valence-corrected chi connectivity index (χ2v) is 6.76. The number of benzene rings is 1. The molecule has 3 rings (SSSR count). The normalized spacial score (nSPS) is 27.9. The summed E-state index contributed by atoms with van der Waals surface area (Å²) in [5.74, 6) is 1.93. The van der Waals surface area contributed by atoms with Gasteiger partial charge in [0.15, 0.2) is 0 Å². The van der Waals surface area contributed by atoms with Gasteiger partial charge in [0.05, 0.1) is 0 Å². The molecule has 1 saturated heterocycles. The first kappa shape index (κ1) is 13.9. The Morgan fingerprint density at radius 3 is 2.55 bits per heavy atom. The van der Waals surface area contributed by atoms with E-state index in [0.29, 0.717) is 23.8 Å². The molecular formula is C17H26N2O. The first-order chi connectivity index (χ1) is 9.63. The lowest BCUT2D eigenvalue weighted by Crippen LogP contribution is -2.58. The largest absolute Gasteiger partial charge is 0.508 e. The van der Waals surface area contributed by atoms with Crippen LogP contribution in [-0.4, -0.2) is 35.2 Å². The van der Waals surface area contributed by atoms with Gasteiger partial charge in [0, 0.05) is 31.7 Å². The van der Waals surface area contributed by atoms with Crippen molar-refractivity contribution in [3.63, 3.8) is 0 Å². The third-order valence-corrected chi connectivity index (χ3v) is 4.77. The highest BCUT2D eigenvalue weighted by Crippen LogP contribution is 2.35. The van der Waals surface area contributed by atoms with Crippen molar-refractivity contribution < 1.29 is 5.11 Å². The Labute approximate surface area is 122 Å². The maximum atomic E-state index is 9.40. The molecule has 2 atom stereocenters. The molecule has 0 bridgehead atoms. The number of nitrogens with zero attached hydrogens (tertiary/aromatic N) is 1. The van der Waals surface area contributed by atoms with Gasteiger partial charge < -0.3 is 10.4 Å². The average Bonchev–Trinajstić information content (AvgIpc) is 3.25. The molecule has 1 heterocycles. The summed E-state index contributed by atoms with van der Waals surface area (Å²) in [6.45, 7) is 7.89. The van der Waals surface area contributed by atoms with E-state index in [-0.39, 0.29) is 0 Å². The topological polar surface area (TPSA) is 35.5 Å². The smallest absolute Gasteiger partial charge is 0.115 e. The van der Waals surface area contributed by atoms with Gasteiger partial charge in [-0.3, -0.25) is 4.90 Å². The Morgan fingerprint density at radius 1 is 1.25 bits per heavy atom. The summed E-state index contributed by atoms with van der Waals surface area (Å²) in [4.78, 5) is 2.64. The van der Waals surface area contributed by atoms with Crippen LogP contribution in [0.4, 0.5) is 0 Å². The van der Waals surface area contributed by atoms with Crippen LogP contribution in [0.1, 0.15) is 32.3 Å². The summed E-state index contributed by atoms with van der Waals surface area (Å²) in [6.07, 6.45) is 2.80. The summed E-state index contributed by atoms with van der Waals surface area (Å²) in [5.41, 5.74) is 1.30. The molecule has 2 N–H and O–H groups in total. The molecule has 1 saturated carbocycles. The Balaban J connectivity index is 1.69. The maximum absolute atomic E-state index is 9.40. The number of aromatic hydroxyl groups is 1. The standard InChI is InChI=1S/C17H26N2O/c1-12(2)17-9-18-16(14-5-6-14)11-19(17)10-13-3-7-15(20)8-4-13/h3-4,7-8,12,14,16-18,20H,5-6,9-11H2,1-2H3. The van der Waals surface area contributed by atoms with Gasteiger partial charge in [0.1, 0.15) is 5.75 Å². The van der Waals surface area contributed by atoms with Crippen molar-refractivity contribution in [2.75, 3.05) is 13.1 Å². The van der Waals surface area contributed by atoms with Crippen LogP contribution in [0, 0.1) is 11.8 Å². The lowest BCUT2D eigenvalue weighted by Gasteiger charge is -2.42. The molecule has 0 spiro atoms. The Kier molecular flexibility index (Phi) is 3.99. The minimum Gasteiger partial charge on any atom is -0.508 e. The molecule has 0 amide bonds. The van der Waals surface area contributed by atoms with Crippen LogP contribution >= 0.6 is 0 Å². The van der Waals surface area contributed by atoms with E-state index in [4.69, 9.17) is 0 Å². The van der Waals surface area contributed by atoms with Crippen LogP contribution < -0.4 is 5.32 Å². The molecule has 110 valence electrons. The fourth-order valence-corrected chi connectivity index (χ4v) is 3.34. The molecule has 2 fully saturated rings. The van der Waals surface area contributed by atoms with Crippen LogP contribution in [-0.2, 0) is 6.54 Å². The molecule has 20 heavy (non-hydrogen) atoms. The number of phenolic OH excluding ortho intramolecular Hbond substituents is 1. The minimum atomic E-state index is 0.352. The molecule has 3 heteroatoms. The monoisotopic (exact) mass is 274 g/mol. The molecule has 0 aromatic heterocycles. The third kappa shape index (κ3) is 3.15. The molecule has 2 aliphatic rings. The first-order valence-corrected chi connectivity index (χ1v) is 7.89. The lowest BCUT2D eigenvalue weighted by molar-refractivity contribution is 0.0852. The number of nitrogens with one attached hydrogen (secondary N) is 1. The van der Waals surface area contributed by atoms with E-state index in [0.717, 1.165) is 25.6 Å². The fraction of sp³-hybridized carbons (Fsp3) is 0.647. The Hall–Kier alpha value is -1.06. The van der Waals surface area contributed by atoms with Gasteiger partial charge in [-0.1, -0.05) is 26.0 Å². The second kappa shape index (κ2) is 5.74. The van der Waals surface area contributed by atoms with Gasteiger partial charge in [-0.15, -0.1) is 0 Å². The average molecular weight is 274 g/mol. The Morgan fingerprint density at radius 2 is 1.95 bits per heavy atom. The van der Waals surface area contributed by atoms with Crippen LogP contribution in [0.5, 0.6) is 5.75 Å². The van der Waals surface area contributed by atoms with E-state index < -0.39 is 0 Å². The van der Waals surface area contributed by atoms with Gasteiger partial charge in [0.2, 0.25) is 0 Å². The van der Waals surface area contributed by atoms with E-state index in [2.05, 4.69) is 24.1 Å². The van der Waals surface area contributed by atoms with Crippen molar-refractivity contribution in [2.45, 2.75) is 45.3 Å². The van der Waals surface area contributed by atoms with E-state index in [9.17, 15) is 5.11 Å². The zero-order valence-corrected chi connectivity index (χ0v) is 12.5. The summed E-state index contributed by atoms with van der Waals surface area (Å²) in [6, 6.07) is 8.96. The van der Waals surface area contributed by atoms with Crippen molar-refractivity contribution in [3.8, 4) is 5.75 Å². The second-order valence-electron chi connectivity index (χ2n) is 6.76. The van der Waals surface area contributed by atoms with Crippen LogP contribution in [0.2, 0.25) is 0 Å². The number of hydrogen-bond donors (Lipinski definition) is 2. The fourth-order valence-electron chi connectivity index (χ4n) is 3.34. The zero-order chi connectivity index (χ0) is 14.1. The van der Waals surface area contributed by atoms with Gasteiger partial charge in [-0.25, -0.2) is 0 Å². The van der Waals surface area contributed by atoms with E-state index in [1.165, 1.54) is 18.4 Å². The summed E-state index contributed by atoms with van der Waals surface area (Å²) >= 11 is 0. The van der Waals surface area contributed by atoms with Crippen molar-refractivity contribution in [3.05, 3.63) is 29.8 Å². The zero-order valence-electron chi connectivity index (χ0n) is 12.5.